The van der Waals surface area contributed by atoms with Gasteiger partial charge in [0.1, 0.15) is 5.82 Å². The van der Waals surface area contributed by atoms with Crippen LogP contribution in [0, 0.1) is 5.82 Å². The minimum Gasteiger partial charge on any atom is -0.355 e. The fourth-order valence-corrected chi connectivity index (χ4v) is 5.03. The summed E-state index contributed by atoms with van der Waals surface area (Å²) in [5.74, 6) is -0.462. The highest BCUT2D eigenvalue weighted by molar-refractivity contribution is 8.00. The number of hydrogen-bond donors (Lipinski definition) is 1. The molecule has 4 rings (SSSR count). The maximum absolute atomic E-state index is 13.6. The van der Waals surface area contributed by atoms with Crippen LogP contribution >= 0.6 is 11.8 Å². The van der Waals surface area contributed by atoms with Gasteiger partial charge in [0.2, 0.25) is 5.91 Å². The Labute approximate surface area is 208 Å². The summed E-state index contributed by atoms with van der Waals surface area (Å²) in [5, 5.41) is 3.53. The molecular weight excluding hydrogens is 461 g/mol. The molecule has 1 unspecified atom stereocenters. The normalized spacial score (nSPS) is 11.9. The Morgan fingerprint density at radius 1 is 1.03 bits per heavy atom. The van der Waals surface area contributed by atoms with E-state index >= 15 is 0 Å². The van der Waals surface area contributed by atoms with Crippen molar-refractivity contribution in [1.82, 2.24) is 14.9 Å². The van der Waals surface area contributed by atoms with Gasteiger partial charge in [-0.15, -0.1) is 0 Å². The predicted octanol–water partition coefficient (Wildman–Crippen LogP) is 5.53. The summed E-state index contributed by atoms with van der Waals surface area (Å²) in [4.78, 5) is 31.4. The van der Waals surface area contributed by atoms with Crippen LogP contribution in [0.3, 0.4) is 0 Å². The number of aromatic nitrogens is 2. The average Bonchev–Trinajstić information content (AvgIpc) is 2.88. The first-order valence-electron chi connectivity index (χ1n) is 11.8. The highest BCUT2D eigenvalue weighted by Crippen LogP contribution is 2.28. The van der Waals surface area contributed by atoms with Gasteiger partial charge in [-0.3, -0.25) is 14.2 Å². The second-order valence-electron chi connectivity index (χ2n) is 8.30. The minimum absolute atomic E-state index is 0.0764. The number of para-hydroxylation sites is 1. The number of unbranched alkanes of at least 4 members (excludes halogenated alkanes) is 1. The topological polar surface area (TPSA) is 64.0 Å². The molecule has 1 N–H and O–H groups in total. The van der Waals surface area contributed by atoms with Gasteiger partial charge in [0.05, 0.1) is 21.8 Å². The Bertz CT molecular complexity index is 1340. The lowest BCUT2D eigenvalue weighted by Crippen LogP contribution is -2.35. The van der Waals surface area contributed by atoms with Crippen molar-refractivity contribution in [3.8, 4) is 5.69 Å². The van der Waals surface area contributed by atoms with E-state index in [0.717, 1.165) is 24.8 Å². The van der Waals surface area contributed by atoms with Crippen molar-refractivity contribution in [2.75, 3.05) is 6.54 Å². The Morgan fingerprint density at radius 3 is 2.49 bits per heavy atom. The third kappa shape index (κ3) is 6.17. The lowest BCUT2D eigenvalue weighted by Gasteiger charge is -2.19. The van der Waals surface area contributed by atoms with Crippen molar-refractivity contribution in [3.05, 3.63) is 101 Å². The van der Waals surface area contributed by atoms with Crippen LogP contribution < -0.4 is 10.9 Å². The van der Waals surface area contributed by atoms with Crippen LogP contribution in [-0.2, 0) is 11.2 Å². The molecule has 5 nitrogen and oxygen atoms in total. The number of thioether (sulfide) groups is 1. The zero-order chi connectivity index (χ0) is 24.6. The maximum atomic E-state index is 13.6. The Balaban J connectivity index is 1.64. The molecular formula is C28H28FN3O2S. The van der Waals surface area contributed by atoms with Crippen LogP contribution in [0.25, 0.3) is 16.6 Å². The lowest BCUT2D eigenvalue weighted by molar-refractivity contribution is -0.120. The molecule has 1 amide bonds. The number of carbonyl (C=O) groups is 1. The van der Waals surface area contributed by atoms with Crippen molar-refractivity contribution in [2.45, 2.75) is 43.0 Å². The molecule has 0 radical (unpaired) electrons. The first-order chi connectivity index (χ1) is 17.1. The highest BCUT2D eigenvalue weighted by atomic mass is 32.2. The van der Waals surface area contributed by atoms with Gasteiger partial charge in [0.25, 0.3) is 5.56 Å². The smallest absolute Gasteiger partial charge is 0.266 e. The number of carbonyl (C=O) groups excluding carboxylic acids is 1. The molecule has 0 spiro atoms. The lowest BCUT2D eigenvalue weighted by atomic mass is 10.1. The van der Waals surface area contributed by atoms with Gasteiger partial charge in [0.15, 0.2) is 5.16 Å². The molecule has 0 bridgehead atoms. The molecule has 0 aliphatic carbocycles. The fraction of sp³-hybridized carbons (Fsp3) is 0.250. The van der Waals surface area contributed by atoms with Crippen LogP contribution in [0.15, 0.2) is 88.8 Å². The molecule has 0 saturated carbocycles. The molecule has 4 aromatic rings. The molecule has 1 aromatic heterocycles. The largest absolute Gasteiger partial charge is 0.355 e. The number of amides is 1. The van der Waals surface area contributed by atoms with E-state index in [4.69, 9.17) is 4.98 Å². The van der Waals surface area contributed by atoms with Gasteiger partial charge < -0.3 is 5.32 Å². The predicted molar refractivity (Wildman–Crippen MR) is 140 cm³/mol. The third-order valence-electron chi connectivity index (χ3n) is 5.75. The summed E-state index contributed by atoms with van der Waals surface area (Å²) in [5.41, 5.74) is 1.99. The summed E-state index contributed by atoms with van der Waals surface area (Å²) in [6.45, 7) is 2.61. The number of halogens is 1. The second-order valence-corrected chi connectivity index (χ2v) is 9.47. The molecule has 0 aliphatic rings. The Kier molecular flexibility index (Phi) is 8.32. The van der Waals surface area contributed by atoms with E-state index in [0.29, 0.717) is 34.7 Å². The van der Waals surface area contributed by atoms with Crippen LogP contribution in [0.1, 0.15) is 31.7 Å². The minimum atomic E-state index is -0.412. The second kappa shape index (κ2) is 11.8. The Morgan fingerprint density at radius 2 is 1.74 bits per heavy atom. The monoisotopic (exact) mass is 489 g/mol. The van der Waals surface area contributed by atoms with E-state index in [1.807, 2.05) is 36.4 Å². The van der Waals surface area contributed by atoms with Crippen LogP contribution in [0.4, 0.5) is 4.39 Å². The Hall–Kier alpha value is -3.45. The first-order valence-corrected chi connectivity index (χ1v) is 12.7. The van der Waals surface area contributed by atoms with E-state index in [1.54, 1.807) is 30.3 Å². The van der Waals surface area contributed by atoms with E-state index in [1.165, 1.54) is 28.5 Å². The molecule has 35 heavy (non-hydrogen) atoms. The van der Waals surface area contributed by atoms with Crippen molar-refractivity contribution in [1.29, 1.82) is 0 Å². The van der Waals surface area contributed by atoms with Crippen LogP contribution in [0.2, 0.25) is 0 Å². The van der Waals surface area contributed by atoms with E-state index in [9.17, 15) is 14.0 Å². The van der Waals surface area contributed by atoms with E-state index in [-0.39, 0.29) is 17.3 Å². The van der Waals surface area contributed by atoms with Gasteiger partial charge in [-0.2, -0.15) is 0 Å². The van der Waals surface area contributed by atoms with Gasteiger partial charge in [-0.25, -0.2) is 9.37 Å². The standard InChI is InChI=1S/C28H28FN3O2S/c1-2-3-13-25(26(33)30-19-18-20-9-5-4-6-10-20)35-28-31-24-12-8-7-11-23(24)27(34)32(28)22-16-14-21(29)15-17-22/h4-12,14-17,25H,2-3,13,18-19H2,1H3,(H,30,33). The molecule has 0 fully saturated rings. The molecule has 180 valence electrons. The van der Waals surface area contributed by atoms with Gasteiger partial charge in [-0.05, 0) is 54.8 Å². The third-order valence-corrected chi connectivity index (χ3v) is 6.96. The number of rotatable bonds is 10. The van der Waals surface area contributed by atoms with E-state index < -0.39 is 5.25 Å². The zero-order valence-electron chi connectivity index (χ0n) is 19.6. The van der Waals surface area contributed by atoms with Gasteiger partial charge in [-0.1, -0.05) is 74.0 Å². The molecule has 1 atom stereocenters. The highest BCUT2D eigenvalue weighted by Gasteiger charge is 2.23. The fourth-order valence-electron chi connectivity index (χ4n) is 3.86. The first kappa shape index (κ1) is 24.7. The number of nitrogens with one attached hydrogen (secondary N) is 1. The van der Waals surface area contributed by atoms with Crippen molar-refractivity contribution in [2.24, 2.45) is 0 Å². The van der Waals surface area contributed by atoms with Gasteiger partial charge in [0, 0.05) is 6.54 Å². The number of hydrogen-bond acceptors (Lipinski definition) is 4. The zero-order valence-corrected chi connectivity index (χ0v) is 20.4. The van der Waals surface area contributed by atoms with Crippen molar-refractivity contribution in [3.63, 3.8) is 0 Å². The molecule has 0 aliphatic heterocycles. The van der Waals surface area contributed by atoms with Crippen LogP contribution in [0.5, 0.6) is 0 Å². The molecule has 0 saturated heterocycles. The summed E-state index contributed by atoms with van der Waals surface area (Å²) < 4.78 is 15.1. The van der Waals surface area contributed by atoms with Crippen LogP contribution in [-0.4, -0.2) is 27.3 Å². The van der Waals surface area contributed by atoms with E-state index in [2.05, 4.69) is 12.2 Å². The number of fused-ring (bicyclic) bond motifs is 1. The summed E-state index contributed by atoms with van der Waals surface area (Å²) >= 11 is 1.28. The quantitative estimate of drug-likeness (QED) is 0.235. The summed E-state index contributed by atoms with van der Waals surface area (Å²) in [6, 6.07) is 22.9. The number of nitrogens with zero attached hydrogens (tertiary/aromatic N) is 2. The molecule has 7 heteroatoms. The SMILES string of the molecule is CCCCC(Sc1nc2ccccc2c(=O)n1-c1ccc(F)cc1)C(=O)NCCc1ccccc1. The number of benzene rings is 3. The summed E-state index contributed by atoms with van der Waals surface area (Å²) in [7, 11) is 0. The van der Waals surface area contributed by atoms with Crippen molar-refractivity contribution < 1.29 is 9.18 Å². The van der Waals surface area contributed by atoms with Crippen molar-refractivity contribution >= 4 is 28.6 Å². The average molecular weight is 490 g/mol. The molecule has 1 heterocycles. The van der Waals surface area contributed by atoms with Gasteiger partial charge >= 0.3 is 0 Å². The maximum Gasteiger partial charge on any atom is 0.266 e. The summed E-state index contributed by atoms with van der Waals surface area (Å²) in [6.07, 6.45) is 3.22. The molecule has 3 aromatic carbocycles.